The summed E-state index contributed by atoms with van der Waals surface area (Å²) < 4.78 is 20.0. The number of halogens is 1. The van der Waals surface area contributed by atoms with E-state index < -0.39 is 0 Å². The minimum absolute atomic E-state index is 0.0644. The smallest absolute Gasteiger partial charge is 0.202 e. The Morgan fingerprint density at radius 3 is 2.87 bits per heavy atom. The Hall–Kier alpha value is -3.87. The van der Waals surface area contributed by atoms with Crippen molar-refractivity contribution in [3.63, 3.8) is 0 Å². The lowest BCUT2D eigenvalue weighted by Crippen LogP contribution is -2.08. The number of aryl methyl sites for hydroxylation is 1. The van der Waals surface area contributed by atoms with E-state index in [0.717, 1.165) is 0 Å². The number of hydrogen-bond acceptors (Lipinski definition) is 6. The van der Waals surface area contributed by atoms with Crippen LogP contribution < -0.4 is 11.1 Å². The third kappa shape index (κ3) is 3.82. The molecule has 0 saturated carbocycles. The van der Waals surface area contributed by atoms with Gasteiger partial charge in [-0.2, -0.15) is 0 Å². The van der Waals surface area contributed by atoms with Crippen LogP contribution in [-0.4, -0.2) is 15.9 Å². The number of phenols is 1. The summed E-state index contributed by atoms with van der Waals surface area (Å²) in [6, 6.07) is 12.8. The van der Waals surface area contributed by atoms with Gasteiger partial charge >= 0.3 is 0 Å². The molecule has 0 aliphatic rings. The Balaban J connectivity index is 1.54. The monoisotopic (exact) mass is 405 g/mol. The highest BCUT2D eigenvalue weighted by atomic mass is 19.1. The SMILES string of the molecule is Cc1c(C(=O)Cc2ccc(F)c(CNc3cccnc3N)c2)oc2ccc(O)cc12. The number of Topliss-reactive ketones (excluding diaryl/α,β-unsaturated/α-hetero) is 1. The van der Waals surface area contributed by atoms with Crippen LogP contribution in [0.5, 0.6) is 5.75 Å². The number of nitrogens with two attached hydrogens (primary N) is 1. The summed E-state index contributed by atoms with van der Waals surface area (Å²) in [5.41, 5.74) is 8.69. The average molecular weight is 405 g/mol. The molecule has 4 N–H and O–H groups in total. The summed E-state index contributed by atoms with van der Waals surface area (Å²) in [6.07, 6.45) is 1.64. The number of furan rings is 1. The van der Waals surface area contributed by atoms with Crippen LogP contribution in [0.2, 0.25) is 0 Å². The van der Waals surface area contributed by atoms with Gasteiger partial charge in [0.15, 0.2) is 5.76 Å². The van der Waals surface area contributed by atoms with Crippen molar-refractivity contribution in [1.82, 2.24) is 4.98 Å². The molecule has 2 aromatic carbocycles. The lowest BCUT2D eigenvalue weighted by atomic mass is 10.0. The van der Waals surface area contributed by atoms with Gasteiger partial charge in [0.25, 0.3) is 0 Å². The van der Waals surface area contributed by atoms with Crippen LogP contribution in [0.3, 0.4) is 0 Å². The summed E-state index contributed by atoms with van der Waals surface area (Å²) in [7, 11) is 0. The summed E-state index contributed by atoms with van der Waals surface area (Å²) in [4.78, 5) is 16.8. The fourth-order valence-electron chi connectivity index (χ4n) is 3.37. The Kier molecular flexibility index (Phi) is 5.10. The molecule has 152 valence electrons. The van der Waals surface area contributed by atoms with E-state index in [9.17, 15) is 14.3 Å². The van der Waals surface area contributed by atoms with E-state index in [0.29, 0.717) is 39.2 Å². The summed E-state index contributed by atoms with van der Waals surface area (Å²) in [6.45, 7) is 1.98. The first-order valence-electron chi connectivity index (χ1n) is 9.39. The second-order valence-electron chi connectivity index (χ2n) is 7.05. The second kappa shape index (κ2) is 7.87. The number of pyridine rings is 1. The Labute approximate surface area is 172 Å². The number of rotatable bonds is 6. The van der Waals surface area contributed by atoms with E-state index in [1.54, 1.807) is 49.5 Å². The molecule has 0 spiro atoms. The van der Waals surface area contributed by atoms with Gasteiger partial charge in [0.05, 0.1) is 5.69 Å². The van der Waals surface area contributed by atoms with Crippen LogP contribution in [0.25, 0.3) is 11.0 Å². The predicted octanol–water partition coefficient (Wildman–Crippen LogP) is 4.60. The van der Waals surface area contributed by atoms with Crippen LogP contribution in [-0.2, 0) is 13.0 Å². The molecule has 7 heteroatoms. The molecule has 6 nitrogen and oxygen atoms in total. The summed E-state index contributed by atoms with van der Waals surface area (Å²) in [5.74, 6) is 0.0791. The maximum absolute atomic E-state index is 14.3. The third-order valence-electron chi connectivity index (χ3n) is 4.96. The van der Waals surface area contributed by atoms with Crippen molar-refractivity contribution >= 4 is 28.3 Å². The molecule has 2 heterocycles. The first kappa shape index (κ1) is 19.4. The van der Waals surface area contributed by atoms with E-state index in [4.69, 9.17) is 10.2 Å². The molecular formula is C23H20FN3O3. The number of benzene rings is 2. The van der Waals surface area contributed by atoms with Crippen molar-refractivity contribution < 1.29 is 18.7 Å². The molecule has 0 amide bonds. The normalized spacial score (nSPS) is 11.0. The van der Waals surface area contributed by atoms with Crippen molar-refractivity contribution in [2.45, 2.75) is 19.9 Å². The minimum Gasteiger partial charge on any atom is -0.508 e. The van der Waals surface area contributed by atoms with Gasteiger partial charge in [0.2, 0.25) is 5.78 Å². The van der Waals surface area contributed by atoms with Crippen LogP contribution >= 0.6 is 0 Å². The zero-order valence-electron chi connectivity index (χ0n) is 16.3. The van der Waals surface area contributed by atoms with Crippen LogP contribution in [0, 0.1) is 12.7 Å². The molecule has 0 radical (unpaired) electrons. The second-order valence-corrected chi connectivity index (χ2v) is 7.05. The number of nitrogens with zero attached hydrogens (tertiary/aromatic N) is 1. The molecule has 4 aromatic rings. The van der Waals surface area contributed by atoms with Gasteiger partial charge in [0.1, 0.15) is 23.0 Å². The number of aromatic hydroxyl groups is 1. The third-order valence-corrected chi connectivity index (χ3v) is 4.96. The van der Waals surface area contributed by atoms with Gasteiger partial charge in [-0.05, 0) is 48.9 Å². The van der Waals surface area contributed by atoms with Crippen LogP contribution in [0.1, 0.15) is 27.2 Å². The number of ketones is 1. The largest absolute Gasteiger partial charge is 0.508 e. The quantitative estimate of drug-likeness (QED) is 0.405. The zero-order valence-corrected chi connectivity index (χ0v) is 16.3. The van der Waals surface area contributed by atoms with Gasteiger partial charge in [-0.25, -0.2) is 9.37 Å². The molecule has 0 aliphatic carbocycles. The highest BCUT2D eigenvalue weighted by Crippen LogP contribution is 2.29. The number of nitrogens with one attached hydrogen (secondary N) is 1. The average Bonchev–Trinajstić information content (AvgIpc) is 3.05. The van der Waals surface area contributed by atoms with Gasteiger partial charge in [-0.15, -0.1) is 0 Å². The zero-order chi connectivity index (χ0) is 21.3. The lowest BCUT2D eigenvalue weighted by molar-refractivity contribution is 0.0967. The predicted molar refractivity (Wildman–Crippen MR) is 113 cm³/mol. The number of carbonyl (C=O) groups is 1. The van der Waals surface area contributed by atoms with Crippen molar-refractivity contribution in [3.8, 4) is 5.75 Å². The van der Waals surface area contributed by atoms with E-state index in [2.05, 4.69) is 10.3 Å². The van der Waals surface area contributed by atoms with Crippen LogP contribution in [0.4, 0.5) is 15.9 Å². The topological polar surface area (TPSA) is 101 Å². The van der Waals surface area contributed by atoms with E-state index in [-0.39, 0.29) is 36.1 Å². The Morgan fingerprint density at radius 1 is 1.23 bits per heavy atom. The molecular weight excluding hydrogens is 385 g/mol. The maximum atomic E-state index is 14.3. The summed E-state index contributed by atoms with van der Waals surface area (Å²) in [5, 5.41) is 13.4. The van der Waals surface area contributed by atoms with E-state index >= 15 is 0 Å². The lowest BCUT2D eigenvalue weighted by Gasteiger charge is -2.10. The van der Waals surface area contributed by atoms with Gasteiger partial charge in [-0.3, -0.25) is 4.79 Å². The molecule has 0 saturated heterocycles. The number of hydrogen-bond donors (Lipinski definition) is 3. The number of phenolic OH excluding ortho intramolecular Hbond substituents is 1. The molecule has 30 heavy (non-hydrogen) atoms. The first-order chi connectivity index (χ1) is 14.4. The molecule has 0 atom stereocenters. The molecule has 0 bridgehead atoms. The van der Waals surface area contributed by atoms with Crippen molar-refractivity contribution in [1.29, 1.82) is 0 Å². The van der Waals surface area contributed by atoms with Crippen molar-refractivity contribution in [3.05, 3.63) is 83.0 Å². The first-order valence-corrected chi connectivity index (χ1v) is 9.39. The fraction of sp³-hybridized carbons (Fsp3) is 0.130. The van der Waals surface area contributed by atoms with Crippen LogP contribution in [0.15, 0.2) is 59.1 Å². The minimum atomic E-state index is -0.378. The number of carbonyl (C=O) groups excluding carboxylic acids is 1. The molecule has 2 aromatic heterocycles. The van der Waals surface area contributed by atoms with E-state index in [1.807, 2.05) is 0 Å². The highest BCUT2D eigenvalue weighted by Gasteiger charge is 2.19. The number of anilines is 2. The standard InChI is InChI=1S/C23H20FN3O3/c1-13-17-11-16(28)5-7-21(17)30-22(13)20(29)10-14-4-6-18(24)15(9-14)12-27-19-3-2-8-26-23(19)25/h2-9,11,27-28H,10,12H2,1H3,(H2,25,26). The number of nitrogen functional groups attached to an aromatic ring is 1. The van der Waals surface area contributed by atoms with Gasteiger partial charge in [0, 0.05) is 35.7 Å². The molecule has 0 aliphatic heterocycles. The molecule has 4 rings (SSSR count). The fourth-order valence-corrected chi connectivity index (χ4v) is 3.37. The van der Waals surface area contributed by atoms with Gasteiger partial charge < -0.3 is 20.6 Å². The van der Waals surface area contributed by atoms with Crippen molar-refractivity contribution in [2.24, 2.45) is 0 Å². The summed E-state index contributed by atoms with van der Waals surface area (Å²) >= 11 is 0. The van der Waals surface area contributed by atoms with Crippen molar-refractivity contribution in [2.75, 3.05) is 11.1 Å². The van der Waals surface area contributed by atoms with Gasteiger partial charge in [-0.1, -0.05) is 12.1 Å². The maximum Gasteiger partial charge on any atom is 0.202 e. The number of fused-ring (bicyclic) bond motifs is 1. The Bertz CT molecular complexity index is 1250. The highest BCUT2D eigenvalue weighted by molar-refractivity contribution is 6.01. The number of aromatic nitrogens is 1. The molecule has 0 fully saturated rings. The van der Waals surface area contributed by atoms with E-state index in [1.165, 1.54) is 12.1 Å². The molecule has 0 unspecified atom stereocenters. The Morgan fingerprint density at radius 2 is 2.07 bits per heavy atom.